The van der Waals surface area contributed by atoms with E-state index < -0.39 is 0 Å². The Hall–Kier alpha value is -3.98. The van der Waals surface area contributed by atoms with E-state index in [1.807, 2.05) is 60.7 Å². The largest absolute Gasteiger partial charge is 0.355 e. The Kier molecular flexibility index (Phi) is 7.50. The molecule has 3 N–H and O–H groups in total. The van der Waals surface area contributed by atoms with E-state index in [0.29, 0.717) is 28.0 Å². The molecule has 0 spiro atoms. The SMILES string of the molecule is N#CC(C#N)=C(CCl)Nc1ccccc1NC(=S)Nc1ccc(-c2ccccc2)nn1. The van der Waals surface area contributed by atoms with Crippen LogP contribution in [0.5, 0.6) is 0 Å². The Morgan fingerprint density at radius 3 is 2.06 bits per heavy atom. The Morgan fingerprint density at radius 2 is 1.48 bits per heavy atom. The topological polar surface area (TPSA) is 109 Å². The van der Waals surface area contributed by atoms with Crippen LogP contribution >= 0.6 is 23.8 Å². The third-order valence-corrected chi connectivity index (χ3v) is 4.57. The van der Waals surface area contributed by atoms with Gasteiger partial charge in [0.25, 0.3) is 0 Å². The van der Waals surface area contributed by atoms with Crippen molar-refractivity contribution in [1.29, 1.82) is 10.5 Å². The van der Waals surface area contributed by atoms with Gasteiger partial charge in [-0.25, -0.2) is 0 Å². The number of anilines is 3. The molecule has 0 aliphatic carbocycles. The molecular formula is C22H16ClN7S. The molecule has 3 aromatic rings. The number of hydrogen-bond donors (Lipinski definition) is 3. The third kappa shape index (κ3) is 5.77. The molecule has 0 amide bonds. The number of hydrogen-bond acceptors (Lipinski definition) is 6. The van der Waals surface area contributed by atoms with Crippen LogP contribution in [0.3, 0.4) is 0 Å². The molecule has 152 valence electrons. The number of benzene rings is 2. The molecule has 0 radical (unpaired) electrons. The number of rotatable bonds is 6. The summed E-state index contributed by atoms with van der Waals surface area (Å²) < 4.78 is 0. The van der Waals surface area contributed by atoms with E-state index in [9.17, 15) is 0 Å². The highest BCUT2D eigenvalue weighted by Crippen LogP contribution is 2.24. The Balaban J connectivity index is 1.71. The molecule has 1 heterocycles. The van der Waals surface area contributed by atoms with Crippen molar-refractivity contribution in [1.82, 2.24) is 10.2 Å². The van der Waals surface area contributed by atoms with E-state index in [1.54, 1.807) is 18.2 Å². The van der Waals surface area contributed by atoms with Crippen molar-refractivity contribution in [2.45, 2.75) is 0 Å². The fraction of sp³-hybridized carbons (Fsp3) is 0.0455. The number of aromatic nitrogens is 2. The van der Waals surface area contributed by atoms with Gasteiger partial charge in [0.1, 0.15) is 17.7 Å². The lowest BCUT2D eigenvalue weighted by Gasteiger charge is -2.16. The van der Waals surface area contributed by atoms with Crippen molar-refractivity contribution >= 4 is 46.1 Å². The van der Waals surface area contributed by atoms with Crippen LogP contribution in [-0.4, -0.2) is 21.2 Å². The maximum Gasteiger partial charge on any atom is 0.176 e. The minimum absolute atomic E-state index is 0.0170. The molecule has 31 heavy (non-hydrogen) atoms. The van der Waals surface area contributed by atoms with Crippen LogP contribution in [0.25, 0.3) is 11.3 Å². The van der Waals surface area contributed by atoms with Gasteiger partial charge < -0.3 is 16.0 Å². The first kappa shape index (κ1) is 21.7. The summed E-state index contributed by atoms with van der Waals surface area (Å²) in [5.74, 6) is 0.469. The van der Waals surface area contributed by atoms with E-state index in [-0.39, 0.29) is 11.5 Å². The number of para-hydroxylation sites is 2. The minimum Gasteiger partial charge on any atom is -0.355 e. The van der Waals surface area contributed by atoms with Crippen molar-refractivity contribution in [3.63, 3.8) is 0 Å². The van der Waals surface area contributed by atoms with Gasteiger partial charge in [0.15, 0.2) is 10.9 Å². The van der Waals surface area contributed by atoms with Crippen molar-refractivity contribution in [3.8, 4) is 23.4 Å². The van der Waals surface area contributed by atoms with Crippen molar-refractivity contribution in [2.24, 2.45) is 0 Å². The van der Waals surface area contributed by atoms with Crippen LogP contribution in [0.15, 0.2) is 78.0 Å². The van der Waals surface area contributed by atoms with Crippen LogP contribution in [0.4, 0.5) is 17.2 Å². The third-order valence-electron chi connectivity index (χ3n) is 4.10. The molecule has 3 rings (SSSR count). The molecule has 0 saturated carbocycles. The normalized spacial score (nSPS) is 9.65. The van der Waals surface area contributed by atoms with Gasteiger partial charge >= 0.3 is 0 Å². The predicted octanol–water partition coefficient (Wildman–Crippen LogP) is 4.90. The number of thiocarbonyl (C=S) groups is 1. The fourth-order valence-electron chi connectivity index (χ4n) is 2.62. The Labute approximate surface area is 190 Å². The zero-order chi connectivity index (χ0) is 22.1. The maximum absolute atomic E-state index is 9.09. The molecule has 2 aromatic carbocycles. The van der Waals surface area contributed by atoms with E-state index in [4.69, 9.17) is 34.3 Å². The number of nitrogens with zero attached hydrogens (tertiary/aromatic N) is 4. The lowest BCUT2D eigenvalue weighted by molar-refractivity contribution is 1.05. The van der Waals surface area contributed by atoms with E-state index in [1.165, 1.54) is 0 Å². The van der Waals surface area contributed by atoms with Crippen molar-refractivity contribution in [2.75, 3.05) is 21.8 Å². The van der Waals surface area contributed by atoms with Gasteiger partial charge in [0.05, 0.1) is 28.6 Å². The lowest BCUT2D eigenvalue weighted by Crippen LogP contribution is -2.21. The van der Waals surface area contributed by atoms with E-state index in [2.05, 4.69) is 26.1 Å². The van der Waals surface area contributed by atoms with Crippen LogP contribution < -0.4 is 16.0 Å². The second-order valence-electron chi connectivity index (χ2n) is 6.13. The zero-order valence-electron chi connectivity index (χ0n) is 16.1. The Morgan fingerprint density at radius 1 is 0.839 bits per heavy atom. The average Bonchev–Trinajstić information content (AvgIpc) is 2.81. The fourth-order valence-corrected chi connectivity index (χ4v) is 3.03. The first-order valence-electron chi connectivity index (χ1n) is 9.07. The van der Waals surface area contributed by atoms with Crippen LogP contribution in [0.1, 0.15) is 0 Å². The molecule has 0 fully saturated rings. The number of nitrogens with one attached hydrogen (secondary N) is 3. The van der Waals surface area contributed by atoms with Gasteiger partial charge in [-0.2, -0.15) is 10.5 Å². The number of allylic oxidation sites excluding steroid dienone is 2. The molecule has 7 nitrogen and oxygen atoms in total. The minimum atomic E-state index is -0.0840. The highest BCUT2D eigenvalue weighted by atomic mass is 35.5. The lowest BCUT2D eigenvalue weighted by atomic mass is 10.1. The van der Waals surface area contributed by atoms with Gasteiger partial charge in [-0.05, 0) is 36.5 Å². The molecular weight excluding hydrogens is 430 g/mol. The first-order chi connectivity index (χ1) is 15.1. The molecule has 0 unspecified atom stereocenters. The first-order valence-corrected chi connectivity index (χ1v) is 10.0. The van der Waals surface area contributed by atoms with Crippen molar-refractivity contribution < 1.29 is 0 Å². The van der Waals surface area contributed by atoms with E-state index in [0.717, 1.165) is 11.3 Å². The van der Waals surface area contributed by atoms with Gasteiger partial charge in [0, 0.05) is 5.56 Å². The summed E-state index contributed by atoms with van der Waals surface area (Å²) in [5, 5.41) is 35.9. The standard InChI is InChI=1S/C22H16ClN7S/c23-12-20(16(13-24)14-25)26-18-8-4-5-9-19(18)27-22(31)28-21-11-10-17(29-30-21)15-6-2-1-3-7-15/h1-11,26H,12H2,(H2,27,28,30,31). The zero-order valence-corrected chi connectivity index (χ0v) is 17.7. The molecule has 0 bridgehead atoms. The molecule has 0 atom stereocenters. The summed E-state index contributed by atoms with van der Waals surface area (Å²) in [6.45, 7) is 0. The predicted molar refractivity (Wildman–Crippen MR) is 126 cm³/mol. The smallest absolute Gasteiger partial charge is 0.176 e. The quantitative estimate of drug-likeness (QED) is 0.279. The molecule has 9 heteroatoms. The van der Waals surface area contributed by atoms with Crippen LogP contribution in [0, 0.1) is 22.7 Å². The maximum atomic E-state index is 9.09. The molecule has 0 aliphatic rings. The monoisotopic (exact) mass is 445 g/mol. The van der Waals surface area contributed by atoms with Gasteiger partial charge in [0.2, 0.25) is 0 Å². The molecule has 0 aliphatic heterocycles. The van der Waals surface area contributed by atoms with Gasteiger partial charge in [-0.1, -0.05) is 42.5 Å². The highest BCUT2D eigenvalue weighted by molar-refractivity contribution is 7.80. The van der Waals surface area contributed by atoms with Crippen LogP contribution in [-0.2, 0) is 0 Å². The number of nitriles is 2. The summed E-state index contributed by atoms with van der Waals surface area (Å²) in [7, 11) is 0. The average molecular weight is 446 g/mol. The molecule has 0 saturated heterocycles. The summed E-state index contributed by atoms with van der Waals surface area (Å²) >= 11 is 11.3. The van der Waals surface area contributed by atoms with Crippen LogP contribution in [0.2, 0.25) is 0 Å². The summed E-state index contributed by atoms with van der Waals surface area (Å²) in [4.78, 5) is 0. The van der Waals surface area contributed by atoms with Gasteiger partial charge in [-0.3, -0.25) is 0 Å². The van der Waals surface area contributed by atoms with E-state index >= 15 is 0 Å². The summed E-state index contributed by atoms with van der Waals surface area (Å²) in [6, 6.07) is 24.2. The highest BCUT2D eigenvalue weighted by Gasteiger charge is 2.10. The number of halogens is 1. The summed E-state index contributed by atoms with van der Waals surface area (Å²) in [6.07, 6.45) is 0. The van der Waals surface area contributed by atoms with Crippen molar-refractivity contribution in [3.05, 3.63) is 78.0 Å². The Bertz CT molecular complexity index is 1160. The van der Waals surface area contributed by atoms with Gasteiger partial charge in [-0.15, -0.1) is 21.8 Å². The molecule has 1 aromatic heterocycles. The second kappa shape index (κ2) is 10.7. The number of alkyl halides is 1. The second-order valence-corrected chi connectivity index (χ2v) is 6.81. The summed E-state index contributed by atoms with van der Waals surface area (Å²) in [5.41, 5.74) is 3.19.